The van der Waals surface area contributed by atoms with Gasteiger partial charge in [-0.25, -0.2) is 8.42 Å². The molecule has 4 nitrogen and oxygen atoms in total. The van der Waals surface area contributed by atoms with Crippen molar-refractivity contribution < 1.29 is 8.42 Å². The third-order valence-electron chi connectivity index (χ3n) is 2.86. The Kier molecular flexibility index (Phi) is 5.62. The third-order valence-corrected chi connectivity index (χ3v) is 4.21. The van der Waals surface area contributed by atoms with E-state index in [9.17, 15) is 8.42 Å². The van der Waals surface area contributed by atoms with E-state index < -0.39 is 10.0 Å². The molecule has 0 atom stereocenters. The Morgan fingerprint density at radius 3 is 2.61 bits per heavy atom. The van der Waals surface area contributed by atoms with Gasteiger partial charge in [0, 0.05) is 0 Å². The number of hydrogen-bond acceptors (Lipinski definition) is 3. The number of nitrogens with two attached hydrogens (primary N) is 1. The third kappa shape index (κ3) is 4.31. The zero-order valence-corrected chi connectivity index (χ0v) is 11.9. The molecule has 0 saturated heterocycles. The molecule has 3 N–H and O–H groups in total. The molecule has 0 amide bonds. The van der Waals surface area contributed by atoms with E-state index in [-0.39, 0.29) is 5.75 Å². The van der Waals surface area contributed by atoms with Crippen LogP contribution in [0.2, 0.25) is 0 Å². The largest absolute Gasteiger partial charge is 0.330 e. The predicted molar refractivity (Wildman–Crippen MR) is 76.3 cm³/mol. The maximum absolute atomic E-state index is 11.9. The summed E-state index contributed by atoms with van der Waals surface area (Å²) in [4.78, 5) is 0. The van der Waals surface area contributed by atoms with Crippen molar-refractivity contribution in [1.82, 2.24) is 0 Å². The summed E-state index contributed by atoms with van der Waals surface area (Å²) in [5.41, 5.74) is 8.08. The van der Waals surface area contributed by atoms with Gasteiger partial charge in [-0.15, -0.1) is 0 Å². The quantitative estimate of drug-likeness (QED) is 0.745. The molecule has 0 saturated carbocycles. The molecule has 5 heteroatoms. The minimum absolute atomic E-state index is 0.127. The second kappa shape index (κ2) is 6.75. The first-order chi connectivity index (χ1) is 8.50. The summed E-state index contributed by atoms with van der Waals surface area (Å²) >= 11 is 0. The minimum Gasteiger partial charge on any atom is -0.330 e. The van der Waals surface area contributed by atoms with Gasteiger partial charge in [-0.2, -0.15) is 0 Å². The number of nitrogens with one attached hydrogen (secondary N) is 1. The number of benzene rings is 1. The summed E-state index contributed by atoms with van der Waals surface area (Å²) < 4.78 is 26.6. The highest BCUT2D eigenvalue weighted by atomic mass is 32.2. The smallest absolute Gasteiger partial charge is 0.232 e. The fourth-order valence-electron chi connectivity index (χ4n) is 1.81. The molecule has 0 bridgehead atoms. The fourth-order valence-corrected chi connectivity index (χ4v) is 3.10. The van der Waals surface area contributed by atoms with E-state index in [1.165, 1.54) is 0 Å². The van der Waals surface area contributed by atoms with Crippen molar-refractivity contribution in [3.63, 3.8) is 0 Å². The van der Waals surface area contributed by atoms with Gasteiger partial charge >= 0.3 is 0 Å². The number of para-hydroxylation sites is 1. The van der Waals surface area contributed by atoms with Crippen LogP contribution in [0.5, 0.6) is 0 Å². The van der Waals surface area contributed by atoms with Gasteiger partial charge < -0.3 is 5.73 Å². The highest BCUT2D eigenvalue weighted by molar-refractivity contribution is 7.92. The van der Waals surface area contributed by atoms with E-state index in [1.54, 1.807) is 0 Å². The SMILES string of the molecule is CCc1cccc(C)c1NS(=O)(=O)CCCCN. The molecule has 1 aromatic carbocycles. The van der Waals surface area contributed by atoms with Crippen LogP contribution in [0.4, 0.5) is 5.69 Å². The Labute approximate surface area is 110 Å². The standard InChI is InChI=1S/C13H22N2O2S/c1-3-12-8-6-7-11(2)13(12)15-18(16,17)10-5-4-9-14/h6-8,15H,3-5,9-10,14H2,1-2H3. The molecule has 0 aliphatic heterocycles. The van der Waals surface area contributed by atoms with Crippen LogP contribution in [0.15, 0.2) is 18.2 Å². The predicted octanol–water partition coefficient (Wildman–Crippen LogP) is 2.04. The van der Waals surface area contributed by atoms with Gasteiger partial charge in [0.2, 0.25) is 10.0 Å². The maximum atomic E-state index is 11.9. The number of rotatable bonds is 7. The van der Waals surface area contributed by atoms with Crippen molar-refractivity contribution in [3.05, 3.63) is 29.3 Å². The Balaban J connectivity index is 2.83. The highest BCUT2D eigenvalue weighted by Gasteiger charge is 2.13. The van der Waals surface area contributed by atoms with Crippen LogP contribution in [0, 0.1) is 6.92 Å². The van der Waals surface area contributed by atoms with Crippen LogP contribution >= 0.6 is 0 Å². The lowest BCUT2D eigenvalue weighted by atomic mass is 10.1. The molecule has 0 heterocycles. The lowest BCUT2D eigenvalue weighted by molar-refractivity contribution is 0.597. The zero-order chi connectivity index (χ0) is 13.6. The normalized spacial score (nSPS) is 11.5. The first kappa shape index (κ1) is 15.0. The van der Waals surface area contributed by atoms with Gasteiger partial charge in [0.15, 0.2) is 0 Å². The van der Waals surface area contributed by atoms with Crippen molar-refractivity contribution >= 4 is 15.7 Å². The van der Waals surface area contributed by atoms with Crippen molar-refractivity contribution in [3.8, 4) is 0 Å². The molecular weight excluding hydrogens is 248 g/mol. The first-order valence-corrected chi connectivity index (χ1v) is 7.94. The maximum Gasteiger partial charge on any atom is 0.232 e. The van der Waals surface area contributed by atoms with E-state index in [0.717, 1.165) is 29.7 Å². The van der Waals surface area contributed by atoms with E-state index in [0.29, 0.717) is 13.0 Å². The second-order valence-electron chi connectivity index (χ2n) is 4.38. The molecule has 0 fully saturated rings. The monoisotopic (exact) mass is 270 g/mol. The summed E-state index contributed by atoms with van der Waals surface area (Å²) in [7, 11) is -3.27. The van der Waals surface area contributed by atoms with Crippen molar-refractivity contribution in [2.75, 3.05) is 17.0 Å². The molecule has 0 aromatic heterocycles. The van der Waals surface area contributed by atoms with Crippen LogP contribution < -0.4 is 10.5 Å². The van der Waals surface area contributed by atoms with E-state index in [2.05, 4.69) is 4.72 Å². The number of sulfonamides is 1. The van der Waals surface area contributed by atoms with Crippen molar-refractivity contribution in [1.29, 1.82) is 0 Å². The molecule has 1 rings (SSSR count). The van der Waals surface area contributed by atoms with Gasteiger partial charge in [-0.3, -0.25) is 4.72 Å². The topological polar surface area (TPSA) is 72.2 Å². The average molecular weight is 270 g/mol. The Hall–Kier alpha value is -1.07. The minimum atomic E-state index is -3.27. The summed E-state index contributed by atoms with van der Waals surface area (Å²) in [6.45, 7) is 4.46. The lowest BCUT2D eigenvalue weighted by Crippen LogP contribution is -2.19. The summed E-state index contributed by atoms with van der Waals surface area (Å²) in [6.07, 6.45) is 2.14. The molecule has 18 heavy (non-hydrogen) atoms. The molecule has 0 spiro atoms. The van der Waals surface area contributed by atoms with Crippen LogP contribution in [-0.4, -0.2) is 20.7 Å². The fraction of sp³-hybridized carbons (Fsp3) is 0.538. The van der Waals surface area contributed by atoms with Crippen molar-refractivity contribution in [2.24, 2.45) is 5.73 Å². The van der Waals surface area contributed by atoms with E-state index in [1.807, 2.05) is 32.0 Å². The molecule has 102 valence electrons. The number of hydrogen-bond donors (Lipinski definition) is 2. The van der Waals surface area contributed by atoms with Crippen LogP contribution in [0.3, 0.4) is 0 Å². The Morgan fingerprint density at radius 1 is 1.28 bits per heavy atom. The first-order valence-electron chi connectivity index (χ1n) is 6.29. The van der Waals surface area contributed by atoms with Gasteiger partial charge in [0.05, 0.1) is 11.4 Å². The number of unbranched alkanes of at least 4 members (excludes halogenated alkanes) is 1. The summed E-state index contributed by atoms with van der Waals surface area (Å²) in [6, 6.07) is 5.81. The number of anilines is 1. The molecule has 1 aromatic rings. The molecule has 0 radical (unpaired) electrons. The van der Waals surface area contributed by atoms with Crippen LogP contribution in [0.25, 0.3) is 0 Å². The Bertz CT molecular complexity index is 484. The van der Waals surface area contributed by atoms with Gasteiger partial charge in [0.25, 0.3) is 0 Å². The van der Waals surface area contributed by atoms with E-state index >= 15 is 0 Å². The second-order valence-corrected chi connectivity index (χ2v) is 6.22. The van der Waals surface area contributed by atoms with E-state index in [4.69, 9.17) is 5.73 Å². The van der Waals surface area contributed by atoms with Gasteiger partial charge in [-0.1, -0.05) is 25.1 Å². The average Bonchev–Trinajstić information content (AvgIpc) is 2.32. The molecule has 0 unspecified atom stereocenters. The summed E-state index contributed by atoms with van der Waals surface area (Å²) in [5, 5.41) is 0. The lowest BCUT2D eigenvalue weighted by Gasteiger charge is -2.14. The summed E-state index contributed by atoms with van der Waals surface area (Å²) in [5.74, 6) is 0.127. The zero-order valence-electron chi connectivity index (χ0n) is 11.1. The Morgan fingerprint density at radius 2 is 2.00 bits per heavy atom. The van der Waals surface area contributed by atoms with Crippen molar-refractivity contribution in [2.45, 2.75) is 33.1 Å². The molecule has 0 aliphatic rings. The molecular formula is C13H22N2O2S. The molecule has 0 aliphatic carbocycles. The van der Waals surface area contributed by atoms with Crippen LogP contribution in [0.1, 0.15) is 30.9 Å². The van der Waals surface area contributed by atoms with Gasteiger partial charge in [0.1, 0.15) is 0 Å². The highest BCUT2D eigenvalue weighted by Crippen LogP contribution is 2.22. The van der Waals surface area contributed by atoms with Crippen LogP contribution in [-0.2, 0) is 16.4 Å². The number of aryl methyl sites for hydroxylation is 2. The van der Waals surface area contributed by atoms with Gasteiger partial charge in [-0.05, 0) is 43.9 Å².